The van der Waals surface area contributed by atoms with Crippen LogP contribution in [0.2, 0.25) is 0 Å². The Bertz CT molecular complexity index is 1320. The second-order valence-corrected chi connectivity index (χ2v) is 9.14. The molecule has 3 rings (SSSR count). The number of allylic oxidation sites excluding steroid dienone is 1. The van der Waals surface area contributed by atoms with Crippen LogP contribution in [-0.4, -0.2) is 67.6 Å². The van der Waals surface area contributed by atoms with Crippen molar-refractivity contribution < 1.29 is 43.5 Å². The van der Waals surface area contributed by atoms with Gasteiger partial charge in [0, 0.05) is 5.70 Å². The lowest BCUT2D eigenvalue weighted by Gasteiger charge is -2.28. The minimum absolute atomic E-state index is 0.182. The molecule has 13 nitrogen and oxygen atoms in total. The number of hydrogen-bond donors (Lipinski definition) is 5. The molecule has 0 bridgehead atoms. The number of hydrogen-bond acceptors (Lipinski definition) is 10. The zero-order valence-electron chi connectivity index (χ0n) is 21.9. The summed E-state index contributed by atoms with van der Waals surface area (Å²) in [5.41, 5.74) is 4.41. The molecule has 0 aliphatic carbocycles. The first kappa shape index (κ1) is 30.2. The number of halogens is 1. The van der Waals surface area contributed by atoms with Crippen LogP contribution in [0.25, 0.3) is 0 Å². The summed E-state index contributed by atoms with van der Waals surface area (Å²) in [6.45, 7) is 3.08. The van der Waals surface area contributed by atoms with Gasteiger partial charge in [0.05, 0.1) is 36.0 Å². The molecule has 214 valence electrons. The van der Waals surface area contributed by atoms with Gasteiger partial charge in [-0.15, -0.1) is 0 Å². The summed E-state index contributed by atoms with van der Waals surface area (Å²) < 4.78 is 22.0. The summed E-state index contributed by atoms with van der Waals surface area (Å²) in [5, 5.41) is 28.3. The van der Waals surface area contributed by atoms with E-state index in [0.29, 0.717) is 45.2 Å². The number of carbonyl (C=O) groups excluding carboxylic acids is 2. The van der Waals surface area contributed by atoms with Crippen molar-refractivity contribution in [2.24, 2.45) is 5.10 Å². The van der Waals surface area contributed by atoms with Crippen LogP contribution < -0.4 is 30.3 Å². The lowest BCUT2D eigenvalue weighted by molar-refractivity contribution is -0.139. The maximum atomic E-state index is 12.4. The summed E-state index contributed by atoms with van der Waals surface area (Å²) >= 11 is 3.31. The van der Waals surface area contributed by atoms with Gasteiger partial charge in [0.2, 0.25) is 0 Å². The molecule has 0 radical (unpaired) electrons. The molecule has 0 saturated heterocycles. The van der Waals surface area contributed by atoms with E-state index in [-0.39, 0.29) is 12.2 Å². The Labute approximate surface area is 238 Å². The first-order chi connectivity index (χ1) is 19.1. The van der Waals surface area contributed by atoms with Crippen LogP contribution >= 0.6 is 15.9 Å². The molecule has 1 heterocycles. The average molecular weight is 621 g/mol. The normalized spacial score (nSPS) is 15.6. The van der Waals surface area contributed by atoms with Gasteiger partial charge in [0.15, 0.2) is 24.3 Å². The number of aliphatic carboxylic acids is 1. The van der Waals surface area contributed by atoms with E-state index in [1.54, 1.807) is 50.2 Å². The van der Waals surface area contributed by atoms with E-state index in [1.165, 1.54) is 13.3 Å². The fraction of sp³-hybridized carbons (Fsp3) is 0.308. The summed E-state index contributed by atoms with van der Waals surface area (Å²) in [7, 11) is 1.26. The third-order valence-electron chi connectivity index (χ3n) is 5.42. The van der Waals surface area contributed by atoms with Crippen molar-refractivity contribution in [3.63, 3.8) is 0 Å². The van der Waals surface area contributed by atoms with Crippen LogP contribution in [0.15, 0.2) is 57.2 Å². The number of methoxy groups -OCH3 is 1. The molecule has 0 saturated carbocycles. The molecule has 0 fully saturated rings. The molecule has 1 aliphatic rings. The molecule has 0 spiro atoms. The molecule has 0 aromatic heterocycles. The number of aliphatic hydroxyl groups excluding tert-OH is 1. The number of amides is 2. The molecule has 2 aromatic rings. The van der Waals surface area contributed by atoms with Crippen LogP contribution in [0.5, 0.6) is 17.2 Å². The molecule has 14 heteroatoms. The number of urea groups is 1. The number of carboxylic acid groups (broad SMARTS) is 1. The number of aliphatic hydroxyl groups is 1. The van der Waals surface area contributed by atoms with E-state index in [0.717, 1.165) is 0 Å². The number of hydrazone groups is 1. The Hall–Kier alpha value is -4.30. The Balaban J connectivity index is 1.65. The van der Waals surface area contributed by atoms with Crippen LogP contribution in [0, 0.1) is 0 Å². The van der Waals surface area contributed by atoms with E-state index in [2.05, 4.69) is 37.1 Å². The van der Waals surface area contributed by atoms with Crippen molar-refractivity contribution in [2.75, 3.05) is 26.9 Å². The molecule has 2 atom stereocenters. The average Bonchev–Trinajstić information content (AvgIpc) is 2.91. The molecule has 2 amide bonds. The monoisotopic (exact) mass is 620 g/mol. The molecule has 1 aliphatic heterocycles. The van der Waals surface area contributed by atoms with E-state index in [9.17, 15) is 19.5 Å². The zero-order chi connectivity index (χ0) is 29.2. The fourth-order valence-corrected chi connectivity index (χ4v) is 4.18. The van der Waals surface area contributed by atoms with Crippen molar-refractivity contribution in [1.82, 2.24) is 16.1 Å². The van der Waals surface area contributed by atoms with Crippen molar-refractivity contribution >= 4 is 40.1 Å². The number of nitrogens with one attached hydrogen (secondary N) is 3. The number of rotatable bonds is 13. The number of nitrogens with zero attached hydrogens (tertiary/aromatic N) is 1. The SMILES string of the molecule is CCOc1cc([C@H]2NC(=O)NC(C)=C2C(=O)OC)ccc1OC[C@H](O)N/N=C\c1ccc(OCC(=O)O)c(Br)c1. The van der Waals surface area contributed by atoms with Gasteiger partial charge in [-0.25, -0.2) is 14.4 Å². The minimum Gasteiger partial charge on any atom is -0.490 e. The highest BCUT2D eigenvalue weighted by molar-refractivity contribution is 9.10. The molecule has 2 aromatic carbocycles. The van der Waals surface area contributed by atoms with Gasteiger partial charge in [-0.05, 0) is 71.2 Å². The highest BCUT2D eigenvalue weighted by Gasteiger charge is 2.32. The van der Waals surface area contributed by atoms with Crippen molar-refractivity contribution in [2.45, 2.75) is 26.1 Å². The lowest BCUT2D eigenvalue weighted by atomic mass is 9.95. The standard InChI is InChI=1S/C26H29BrN4O9/c1-4-38-20-10-16(24-23(25(35)37-3)14(2)29-26(36)30-24)6-8-19(20)39-12-21(32)31-28-11-15-5-7-18(17(27)9-15)40-13-22(33)34/h5-11,21,24,31-32H,4,12-13H2,1-3H3,(H,33,34)(H2,29,30,36)/b28-11-/t21-,24+/m0/s1. The number of ether oxygens (including phenoxy) is 4. The number of esters is 1. The maximum absolute atomic E-state index is 12.4. The summed E-state index contributed by atoms with van der Waals surface area (Å²) in [6.07, 6.45) is 0.282. The van der Waals surface area contributed by atoms with Gasteiger partial charge in [-0.1, -0.05) is 6.07 Å². The van der Waals surface area contributed by atoms with Gasteiger partial charge in [-0.2, -0.15) is 5.10 Å². The van der Waals surface area contributed by atoms with Gasteiger partial charge >= 0.3 is 18.0 Å². The molecule has 5 N–H and O–H groups in total. The highest BCUT2D eigenvalue weighted by atomic mass is 79.9. The number of benzene rings is 2. The third kappa shape index (κ3) is 8.10. The van der Waals surface area contributed by atoms with Crippen LogP contribution in [-0.2, 0) is 14.3 Å². The first-order valence-corrected chi connectivity index (χ1v) is 12.8. The summed E-state index contributed by atoms with van der Waals surface area (Å²) in [5.74, 6) is -0.625. The third-order valence-corrected chi connectivity index (χ3v) is 6.04. The lowest BCUT2D eigenvalue weighted by Crippen LogP contribution is -2.45. The zero-order valence-corrected chi connectivity index (χ0v) is 23.5. The Morgan fingerprint density at radius 1 is 1.15 bits per heavy atom. The minimum atomic E-state index is -1.17. The molecule has 40 heavy (non-hydrogen) atoms. The smallest absolute Gasteiger partial charge is 0.341 e. The molecular formula is C26H29BrN4O9. The number of carbonyl (C=O) groups is 3. The van der Waals surface area contributed by atoms with Crippen LogP contribution in [0.4, 0.5) is 4.79 Å². The number of carboxylic acids is 1. The predicted octanol–water partition coefficient (Wildman–Crippen LogP) is 2.43. The second-order valence-electron chi connectivity index (χ2n) is 8.29. The van der Waals surface area contributed by atoms with Gasteiger partial charge in [0.25, 0.3) is 0 Å². The van der Waals surface area contributed by atoms with Gasteiger partial charge < -0.3 is 39.8 Å². The van der Waals surface area contributed by atoms with E-state index < -0.39 is 36.8 Å². The summed E-state index contributed by atoms with van der Waals surface area (Å²) in [4.78, 5) is 35.1. The predicted molar refractivity (Wildman–Crippen MR) is 146 cm³/mol. The van der Waals surface area contributed by atoms with E-state index in [4.69, 9.17) is 24.1 Å². The van der Waals surface area contributed by atoms with Crippen LogP contribution in [0.1, 0.15) is 31.0 Å². The van der Waals surface area contributed by atoms with Crippen molar-refractivity contribution in [3.05, 3.63) is 63.3 Å². The Kier molecular flexibility index (Phi) is 10.7. The highest BCUT2D eigenvalue weighted by Crippen LogP contribution is 2.35. The second kappa shape index (κ2) is 14.2. The van der Waals surface area contributed by atoms with E-state index >= 15 is 0 Å². The molecule has 0 unspecified atom stereocenters. The Morgan fingerprint density at radius 3 is 2.58 bits per heavy atom. The fourth-order valence-electron chi connectivity index (χ4n) is 3.67. The summed E-state index contributed by atoms with van der Waals surface area (Å²) in [6, 6.07) is 8.63. The largest absolute Gasteiger partial charge is 0.490 e. The maximum Gasteiger partial charge on any atom is 0.341 e. The Morgan fingerprint density at radius 2 is 1.90 bits per heavy atom. The van der Waals surface area contributed by atoms with Crippen molar-refractivity contribution in [1.29, 1.82) is 0 Å². The van der Waals surface area contributed by atoms with Gasteiger partial charge in [-0.3, -0.25) is 5.43 Å². The quantitative estimate of drug-likeness (QED) is 0.0967. The van der Waals surface area contributed by atoms with E-state index in [1.807, 2.05) is 0 Å². The van der Waals surface area contributed by atoms with Gasteiger partial charge in [0.1, 0.15) is 12.4 Å². The van der Waals surface area contributed by atoms with Crippen LogP contribution in [0.3, 0.4) is 0 Å². The molecular weight excluding hydrogens is 592 g/mol. The first-order valence-electron chi connectivity index (χ1n) is 12.0. The topological polar surface area (TPSA) is 177 Å². The van der Waals surface area contributed by atoms with Crippen molar-refractivity contribution in [3.8, 4) is 17.2 Å².